The number of hydrogen-bond acceptors (Lipinski definition) is 2. The van der Waals surface area contributed by atoms with E-state index in [0.29, 0.717) is 6.42 Å². The molecule has 0 rings (SSSR count). The van der Waals surface area contributed by atoms with Crippen molar-refractivity contribution in [2.24, 2.45) is 0 Å². The van der Waals surface area contributed by atoms with Crippen molar-refractivity contribution in [3.63, 3.8) is 0 Å². The molecule has 0 N–H and O–H groups in total. The number of halogens is 6. The summed E-state index contributed by atoms with van der Waals surface area (Å²) in [5, 5.41) is -0.555. The van der Waals surface area contributed by atoms with Crippen molar-refractivity contribution >= 4 is 24.4 Å². The molecule has 0 heterocycles. The molecule has 0 aliphatic heterocycles. The Hall–Kier alpha value is 0.0200. The summed E-state index contributed by atoms with van der Waals surface area (Å²) in [6, 6.07) is 0. The average molecular weight is 284 g/mol. The summed E-state index contributed by atoms with van der Waals surface area (Å²) in [6.45, 7) is 3.02. The highest BCUT2D eigenvalue weighted by molar-refractivity contribution is 8.04. The first kappa shape index (κ1) is 16.0. The van der Waals surface area contributed by atoms with Crippen molar-refractivity contribution in [2.45, 2.75) is 37.9 Å². The van der Waals surface area contributed by atoms with Crippen molar-refractivity contribution in [1.82, 2.24) is 0 Å². The van der Waals surface area contributed by atoms with Crippen molar-refractivity contribution in [1.29, 1.82) is 0 Å². The van der Waals surface area contributed by atoms with Crippen molar-refractivity contribution in [3.05, 3.63) is 9.81 Å². The van der Waals surface area contributed by atoms with E-state index in [9.17, 15) is 26.3 Å². The Morgan fingerprint density at radius 2 is 1.56 bits per heavy atom. The summed E-state index contributed by atoms with van der Waals surface area (Å²) >= 11 is 3.07. The van der Waals surface area contributed by atoms with E-state index in [-0.39, 0.29) is 11.8 Å². The van der Waals surface area contributed by atoms with Gasteiger partial charge in [-0.15, -0.1) is 24.4 Å². The Morgan fingerprint density at radius 3 is 1.81 bits per heavy atom. The van der Waals surface area contributed by atoms with Gasteiger partial charge in [-0.25, -0.2) is 0 Å². The summed E-state index contributed by atoms with van der Waals surface area (Å²) in [4.78, 5) is -3.57. The normalized spacial score (nSPS) is 17.1. The second-order valence-corrected chi connectivity index (χ2v) is 4.91. The minimum atomic E-state index is -5.07. The number of allylic oxidation sites excluding steroid dienone is 2. The molecule has 96 valence electrons. The van der Waals surface area contributed by atoms with Gasteiger partial charge in [0.1, 0.15) is 9.81 Å². The van der Waals surface area contributed by atoms with Crippen LogP contribution in [-0.2, 0) is 0 Å². The van der Waals surface area contributed by atoms with Crippen molar-refractivity contribution < 1.29 is 26.3 Å². The van der Waals surface area contributed by atoms with Gasteiger partial charge in [-0.1, -0.05) is 13.8 Å². The van der Waals surface area contributed by atoms with Crippen LogP contribution in [0.2, 0.25) is 0 Å². The molecule has 1 atom stereocenters. The Labute approximate surface area is 98.9 Å². The molecule has 0 spiro atoms. The van der Waals surface area contributed by atoms with Crippen LogP contribution in [0.3, 0.4) is 0 Å². The van der Waals surface area contributed by atoms with Gasteiger partial charge in [-0.2, -0.15) is 26.3 Å². The van der Waals surface area contributed by atoms with E-state index < -0.39 is 27.4 Å². The Balaban J connectivity index is 5.26. The maximum Gasteiger partial charge on any atom is 0.423 e. The van der Waals surface area contributed by atoms with Crippen LogP contribution >= 0.6 is 24.4 Å². The fourth-order valence-corrected chi connectivity index (χ4v) is 1.89. The first-order chi connectivity index (χ1) is 7.00. The summed E-state index contributed by atoms with van der Waals surface area (Å²) in [5.41, 5.74) is 0. The van der Waals surface area contributed by atoms with Gasteiger partial charge in [0, 0.05) is 5.25 Å². The SMILES string of the molecule is CCC(C)S/C(=C(\S)C(F)(F)F)C(F)(F)F. The number of rotatable bonds is 3. The third-order valence-electron chi connectivity index (χ3n) is 1.64. The number of thiol groups is 1. The van der Waals surface area contributed by atoms with E-state index in [4.69, 9.17) is 0 Å². The molecule has 8 heteroatoms. The summed E-state index contributed by atoms with van der Waals surface area (Å²) in [7, 11) is 0. The van der Waals surface area contributed by atoms with E-state index >= 15 is 0 Å². The van der Waals surface area contributed by atoms with Gasteiger partial charge >= 0.3 is 12.4 Å². The molecular weight excluding hydrogens is 274 g/mol. The number of alkyl halides is 6. The van der Waals surface area contributed by atoms with Crippen LogP contribution in [0.1, 0.15) is 20.3 Å². The summed E-state index contributed by atoms with van der Waals surface area (Å²) in [6.07, 6.45) is -9.77. The molecule has 0 saturated heterocycles. The monoisotopic (exact) mass is 284 g/mol. The highest BCUT2D eigenvalue weighted by atomic mass is 32.2. The second kappa shape index (κ2) is 5.57. The molecule has 0 aromatic rings. The standard InChI is InChI=1S/C8H10F6S2/c1-3-4(2)16-6(8(12,13)14)5(15)7(9,10)11/h4,15H,3H2,1-2H3/b6-5-. The minimum absolute atomic E-state index is 0.145. The largest absolute Gasteiger partial charge is 0.423 e. The first-order valence-electron chi connectivity index (χ1n) is 4.24. The zero-order valence-corrected chi connectivity index (χ0v) is 10.1. The lowest BCUT2D eigenvalue weighted by Gasteiger charge is -2.18. The molecule has 0 fully saturated rings. The summed E-state index contributed by atoms with van der Waals surface area (Å²) in [5.74, 6) is 0. The van der Waals surface area contributed by atoms with E-state index in [1.165, 1.54) is 6.92 Å². The molecule has 0 nitrogen and oxygen atoms in total. The van der Waals surface area contributed by atoms with E-state index in [1.807, 2.05) is 0 Å². The Morgan fingerprint density at radius 1 is 1.12 bits per heavy atom. The van der Waals surface area contributed by atoms with Crippen molar-refractivity contribution in [3.8, 4) is 0 Å². The third kappa shape index (κ3) is 4.90. The fraction of sp³-hybridized carbons (Fsp3) is 0.750. The highest BCUT2D eigenvalue weighted by Crippen LogP contribution is 2.45. The fourth-order valence-electron chi connectivity index (χ4n) is 0.670. The van der Waals surface area contributed by atoms with Gasteiger partial charge in [0.2, 0.25) is 0 Å². The van der Waals surface area contributed by atoms with Crippen LogP contribution < -0.4 is 0 Å². The van der Waals surface area contributed by atoms with Crippen LogP contribution in [0.15, 0.2) is 9.81 Å². The third-order valence-corrected chi connectivity index (χ3v) is 3.67. The molecule has 16 heavy (non-hydrogen) atoms. The molecule has 0 aliphatic carbocycles. The molecule has 0 radical (unpaired) electrons. The predicted octanol–water partition coefficient (Wildman–Crippen LogP) is 4.78. The maximum absolute atomic E-state index is 12.4. The Kier molecular flexibility index (Phi) is 5.58. The zero-order chi connectivity index (χ0) is 13.1. The van der Waals surface area contributed by atoms with E-state index in [1.54, 1.807) is 6.92 Å². The first-order valence-corrected chi connectivity index (χ1v) is 5.57. The Bertz CT molecular complexity index is 265. The second-order valence-electron chi connectivity index (χ2n) is 3.01. The zero-order valence-electron chi connectivity index (χ0n) is 8.41. The number of hydrogen-bond donors (Lipinski definition) is 1. The quantitative estimate of drug-likeness (QED) is 0.574. The van der Waals surface area contributed by atoms with Gasteiger partial charge in [0.15, 0.2) is 0 Å². The van der Waals surface area contributed by atoms with Gasteiger partial charge < -0.3 is 0 Å². The van der Waals surface area contributed by atoms with Crippen LogP contribution in [0.25, 0.3) is 0 Å². The van der Waals surface area contributed by atoms with Crippen molar-refractivity contribution in [2.75, 3.05) is 0 Å². The summed E-state index contributed by atoms with van der Waals surface area (Å²) < 4.78 is 73.5. The topological polar surface area (TPSA) is 0 Å². The van der Waals surface area contributed by atoms with Gasteiger partial charge in [0.05, 0.1) is 0 Å². The molecule has 0 aromatic carbocycles. The van der Waals surface area contributed by atoms with E-state index in [0.717, 1.165) is 0 Å². The molecular formula is C8H10F6S2. The van der Waals surface area contributed by atoms with E-state index in [2.05, 4.69) is 12.6 Å². The lowest BCUT2D eigenvalue weighted by Crippen LogP contribution is -2.19. The lowest BCUT2D eigenvalue weighted by atomic mass is 10.4. The minimum Gasteiger partial charge on any atom is -0.166 e. The van der Waals surface area contributed by atoms with Gasteiger partial charge in [-0.05, 0) is 6.42 Å². The molecule has 1 unspecified atom stereocenters. The van der Waals surface area contributed by atoms with Crippen LogP contribution in [0.5, 0.6) is 0 Å². The number of thioether (sulfide) groups is 1. The molecule has 0 aliphatic rings. The predicted molar refractivity (Wildman–Crippen MR) is 55.5 cm³/mol. The van der Waals surface area contributed by atoms with Crippen LogP contribution in [0.4, 0.5) is 26.3 Å². The molecule has 0 amide bonds. The molecule has 0 saturated carbocycles. The van der Waals surface area contributed by atoms with Gasteiger partial charge in [0.25, 0.3) is 0 Å². The smallest absolute Gasteiger partial charge is 0.166 e. The van der Waals surface area contributed by atoms with Gasteiger partial charge in [-0.3, -0.25) is 0 Å². The molecule has 0 aromatic heterocycles. The van der Waals surface area contributed by atoms with Crippen LogP contribution in [0, 0.1) is 0 Å². The maximum atomic E-state index is 12.4. The van der Waals surface area contributed by atoms with Crippen LogP contribution in [-0.4, -0.2) is 17.6 Å². The highest BCUT2D eigenvalue weighted by Gasteiger charge is 2.44. The average Bonchev–Trinajstić information content (AvgIpc) is 2.09. The lowest BCUT2D eigenvalue weighted by molar-refractivity contribution is -0.103. The molecule has 0 bridgehead atoms.